The number of aromatic hydroxyl groups is 1. The highest BCUT2D eigenvalue weighted by Gasteiger charge is 2.09. The molecule has 0 unspecified atom stereocenters. The predicted octanol–water partition coefficient (Wildman–Crippen LogP) is 1.02. The molecule has 1 heterocycles. The molecule has 92 valence electrons. The smallest absolute Gasteiger partial charge is 0.270 e. The van der Waals surface area contributed by atoms with Crippen molar-refractivity contribution in [2.45, 2.75) is 0 Å². The van der Waals surface area contributed by atoms with Gasteiger partial charge in [-0.3, -0.25) is 10.1 Å². The van der Waals surface area contributed by atoms with E-state index in [1.54, 1.807) is 0 Å². The highest BCUT2D eigenvalue weighted by molar-refractivity contribution is 5.86. The van der Waals surface area contributed by atoms with Crippen LogP contribution in [0.2, 0.25) is 0 Å². The molecule has 0 atom stereocenters. The van der Waals surface area contributed by atoms with E-state index in [0.717, 1.165) is 0 Å². The van der Waals surface area contributed by atoms with Crippen molar-refractivity contribution < 1.29 is 14.7 Å². The molecule has 0 aliphatic heterocycles. The van der Waals surface area contributed by atoms with E-state index in [1.807, 2.05) is 0 Å². The summed E-state index contributed by atoms with van der Waals surface area (Å²) in [6, 6.07) is 3.55. The standard InChI is InChI=1S/C9H7N5O4/c10-8-9(13-18-12-8)11-4-5-3-6(14(16)17)1-2-7(5)15/h1-4,15H,(H2,10,12). The molecular weight excluding hydrogens is 242 g/mol. The molecule has 3 N–H and O–H groups in total. The molecular formula is C9H7N5O4. The van der Waals surface area contributed by atoms with Gasteiger partial charge in [0.25, 0.3) is 5.69 Å². The molecule has 0 saturated heterocycles. The van der Waals surface area contributed by atoms with Crippen LogP contribution in [0.4, 0.5) is 17.3 Å². The molecule has 0 aliphatic rings. The molecule has 0 aliphatic carbocycles. The fraction of sp³-hybridized carbons (Fsp3) is 0. The zero-order chi connectivity index (χ0) is 13.1. The topological polar surface area (TPSA) is 141 Å². The molecule has 1 aromatic carbocycles. The van der Waals surface area contributed by atoms with Gasteiger partial charge in [0.1, 0.15) is 5.75 Å². The normalized spacial score (nSPS) is 10.9. The zero-order valence-electron chi connectivity index (χ0n) is 8.85. The van der Waals surface area contributed by atoms with Crippen LogP contribution < -0.4 is 5.73 Å². The molecule has 0 spiro atoms. The van der Waals surface area contributed by atoms with E-state index in [9.17, 15) is 15.2 Å². The number of phenolic OH excluding ortho intramolecular Hbond substituents is 1. The Kier molecular flexibility index (Phi) is 2.87. The number of benzene rings is 1. The Morgan fingerprint density at radius 2 is 2.28 bits per heavy atom. The van der Waals surface area contributed by atoms with Crippen LogP contribution in [0.25, 0.3) is 0 Å². The van der Waals surface area contributed by atoms with E-state index >= 15 is 0 Å². The quantitative estimate of drug-likeness (QED) is 0.469. The number of aliphatic imine (C=N–C) groups is 1. The van der Waals surface area contributed by atoms with Gasteiger partial charge in [-0.15, -0.1) is 0 Å². The van der Waals surface area contributed by atoms with Crippen molar-refractivity contribution in [3.05, 3.63) is 33.9 Å². The molecule has 18 heavy (non-hydrogen) atoms. The van der Waals surface area contributed by atoms with Gasteiger partial charge in [-0.2, -0.15) is 0 Å². The van der Waals surface area contributed by atoms with E-state index in [1.165, 1.54) is 24.4 Å². The number of rotatable bonds is 3. The van der Waals surface area contributed by atoms with E-state index in [-0.39, 0.29) is 28.6 Å². The van der Waals surface area contributed by atoms with Crippen LogP contribution >= 0.6 is 0 Å². The molecule has 2 aromatic rings. The van der Waals surface area contributed by atoms with Crippen molar-refractivity contribution in [2.75, 3.05) is 5.73 Å². The number of non-ortho nitro benzene ring substituents is 1. The van der Waals surface area contributed by atoms with Crippen molar-refractivity contribution in [3.63, 3.8) is 0 Å². The van der Waals surface area contributed by atoms with E-state index < -0.39 is 4.92 Å². The van der Waals surface area contributed by atoms with Crippen LogP contribution in [-0.4, -0.2) is 26.6 Å². The fourth-order valence-electron chi connectivity index (χ4n) is 1.17. The fourth-order valence-corrected chi connectivity index (χ4v) is 1.17. The van der Waals surface area contributed by atoms with Crippen molar-refractivity contribution in [3.8, 4) is 5.75 Å². The minimum atomic E-state index is -0.581. The second-order valence-electron chi connectivity index (χ2n) is 3.23. The molecule has 0 saturated carbocycles. The summed E-state index contributed by atoms with van der Waals surface area (Å²) >= 11 is 0. The number of hydrogen-bond donors (Lipinski definition) is 2. The van der Waals surface area contributed by atoms with Gasteiger partial charge in [-0.25, -0.2) is 9.62 Å². The maximum atomic E-state index is 10.6. The maximum Gasteiger partial charge on any atom is 0.270 e. The van der Waals surface area contributed by atoms with Gasteiger partial charge in [0.05, 0.1) is 4.92 Å². The number of nitro benzene ring substituents is 1. The lowest BCUT2D eigenvalue weighted by Crippen LogP contribution is -1.90. The average Bonchev–Trinajstić information content (AvgIpc) is 2.73. The van der Waals surface area contributed by atoms with Crippen LogP contribution in [0.15, 0.2) is 27.8 Å². The third kappa shape index (κ3) is 2.24. The van der Waals surface area contributed by atoms with Crippen LogP contribution in [0.1, 0.15) is 5.56 Å². The zero-order valence-corrected chi connectivity index (χ0v) is 8.85. The molecule has 1 aromatic heterocycles. The summed E-state index contributed by atoms with van der Waals surface area (Å²) in [5, 5.41) is 26.8. The SMILES string of the molecule is Nc1nonc1N=Cc1cc([N+](=O)[O-])ccc1O. The summed E-state index contributed by atoms with van der Waals surface area (Å²) in [5.74, 6) is -0.142. The lowest BCUT2D eigenvalue weighted by Gasteiger charge is -1.97. The molecule has 0 bridgehead atoms. The van der Waals surface area contributed by atoms with E-state index in [2.05, 4.69) is 19.9 Å². The van der Waals surface area contributed by atoms with Crippen molar-refractivity contribution >= 4 is 23.5 Å². The van der Waals surface area contributed by atoms with Gasteiger partial charge in [-0.1, -0.05) is 0 Å². The molecule has 0 radical (unpaired) electrons. The highest BCUT2D eigenvalue weighted by Crippen LogP contribution is 2.22. The number of anilines is 1. The number of aromatic nitrogens is 2. The Bertz CT molecular complexity index is 621. The first-order valence-electron chi connectivity index (χ1n) is 4.67. The Morgan fingerprint density at radius 3 is 2.89 bits per heavy atom. The molecule has 9 heteroatoms. The van der Waals surface area contributed by atoms with Crippen molar-refractivity contribution in [1.29, 1.82) is 0 Å². The summed E-state index contributed by atoms with van der Waals surface area (Å²) in [6.45, 7) is 0. The van der Waals surface area contributed by atoms with Gasteiger partial charge in [0, 0.05) is 23.9 Å². The monoisotopic (exact) mass is 249 g/mol. The van der Waals surface area contributed by atoms with Gasteiger partial charge in [0.15, 0.2) is 0 Å². The predicted molar refractivity (Wildman–Crippen MR) is 60.7 cm³/mol. The maximum absolute atomic E-state index is 10.6. The first-order valence-corrected chi connectivity index (χ1v) is 4.67. The summed E-state index contributed by atoms with van der Waals surface area (Å²) in [4.78, 5) is 13.8. The van der Waals surface area contributed by atoms with Crippen LogP contribution in [-0.2, 0) is 0 Å². The lowest BCUT2D eigenvalue weighted by atomic mass is 10.2. The summed E-state index contributed by atoms with van der Waals surface area (Å²) in [5.41, 5.74) is 5.36. The Labute approximate surface area is 99.7 Å². The largest absolute Gasteiger partial charge is 0.507 e. The molecule has 2 rings (SSSR count). The third-order valence-electron chi connectivity index (χ3n) is 2.04. The van der Waals surface area contributed by atoms with E-state index in [4.69, 9.17) is 5.73 Å². The van der Waals surface area contributed by atoms with Crippen LogP contribution in [0.3, 0.4) is 0 Å². The second kappa shape index (κ2) is 4.49. The van der Waals surface area contributed by atoms with Gasteiger partial charge in [0.2, 0.25) is 11.6 Å². The number of nitro groups is 1. The van der Waals surface area contributed by atoms with E-state index in [0.29, 0.717) is 0 Å². The molecule has 0 amide bonds. The second-order valence-corrected chi connectivity index (χ2v) is 3.23. The lowest BCUT2D eigenvalue weighted by molar-refractivity contribution is -0.384. The first kappa shape index (κ1) is 11.5. The molecule has 0 fully saturated rings. The first-order chi connectivity index (χ1) is 8.58. The van der Waals surface area contributed by atoms with Crippen molar-refractivity contribution in [1.82, 2.24) is 10.3 Å². The van der Waals surface area contributed by atoms with Crippen LogP contribution in [0, 0.1) is 10.1 Å². The van der Waals surface area contributed by atoms with Crippen molar-refractivity contribution in [2.24, 2.45) is 4.99 Å². The third-order valence-corrected chi connectivity index (χ3v) is 2.04. The average molecular weight is 249 g/mol. The summed E-state index contributed by atoms with van der Waals surface area (Å²) in [6.07, 6.45) is 1.18. The summed E-state index contributed by atoms with van der Waals surface area (Å²) in [7, 11) is 0. The molecule has 9 nitrogen and oxygen atoms in total. The number of phenols is 1. The highest BCUT2D eigenvalue weighted by atomic mass is 16.6. The number of nitrogens with zero attached hydrogens (tertiary/aromatic N) is 4. The number of nitrogen functional groups attached to an aromatic ring is 1. The number of nitrogens with two attached hydrogens (primary N) is 1. The van der Waals surface area contributed by atoms with Crippen LogP contribution in [0.5, 0.6) is 5.75 Å². The number of hydrogen-bond acceptors (Lipinski definition) is 8. The van der Waals surface area contributed by atoms with Gasteiger partial charge >= 0.3 is 0 Å². The Morgan fingerprint density at radius 1 is 1.50 bits per heavy atom. The van der Waals surface area contributed by atoms with Gasteiger partial charge < -0.3 is 10.8 Å². The minimum Gasteiger partial charge on any atom is -0.507 e. The minimum absolute atomic E-state index is 0.0174. The Balaban J connectivity index is 2.34. The Hall–Kier alpha value is -2.97. The summed E-state index contributed by atoms with van der Waals surface area (Å²) < 4.78 is 4.32. The van der Waals surface area contributed by atoms with Gasteiger partial charge in [-0.05, 0) is 16.4 Å².